The molecule has 0 atom stereocenters. The Labute approximate surface area is 145 Å². The number of nitrogens with zero attached hydrogens (tertiary/aromatic N) is 1. The second-order valence-corrected chi connectivity index (χ2v) is 5.07. The number of hydrogen-bond donors (Lipinski definition) is 4. The average molecular weight is 344 g/mol. The molecule has 1 aromatic heterocycles. The molecular weight excluding hydrogens is 324 g/mol. The number of amides is 2. The lowest BCUT2D eigenvalue weighted by Gasteiger charge is -2.08. The quantitative estimate of drug-likeness (QED) is 0.411. The molecule has 8 heteroatoms. The molecule has 0 spiro atoms. The number of benzene rings is 1. The van der Waals surface area contributed by atoms with E-state index in [1.807, 2.05) is 0 Å². The van der Waals surface area contributed by atoms with Crippen molar-refractivity contribution in [1.82, 2.24) is 10.3 Å². The Kier molecular flexibility index (Phi) is 6.87. The van der Waals surface area contributed by atoms with Gasteiger partial charge in [-0.2, -0.15) is 0 Å². The van der Waals surface area contributed by atoms with Gasteiger partial charge in [-0.3, -0.25) is 14.6 Å². The molecule has 0 fully saturated rings. The Bertz CT molecular complexity index is 719. The molecule has 0 radical (unpaired) electrons. The summed E-state index contributed by atoms with van der Waals surface area (Å²) in [6, 6.07) is 9.88. The van der Waals surface area contributed by atoms with Crippen molar-refractivity contribution in [2.45, 2.75) is 0 Å². The first-order valence-electron chi connectivity index (χ1n) is 7.70. The Morgan fingerprint density at radius 1 is 1.12 bits per heavy atom. The van der Waals surface area contributed by atoms with Gasteiger partial charge in [0, 0.05) is 12.7 Å². The molecule has 0 saturated heterocycles. The first-order chi connectivity index (χ1) is 12.1. The van der Waals surface area contributed by atoms with Crippen molar-refractivity contribution in [1.29, 1.82) is 0 Å². The summed E-state index contributed by atoms with van der Waals surface area (Å²) in [7, 11) is 0. The number of nitrogens with one attached hydrogen (secondary N) is 2. The third-order valence-corrected chi connectivity index (χ3v) is 3.23. The number of nitrogens with two attached hydrogens (primary N) is 1. The molecule has 0 bridgehead atoms. The highest BCUT2D eigenvalue weighted by Gasteiger charge is 2.11. The molecule has 5 N–H and O–H groups in total. The maximum Gasteiger partial charge on any atom is 0.274 e. The van der Waals surface area contributed by atoms with Crippen molar-refractivity contribution in [2.24, 2.45) is 0 Å². The topological polar surface area (TPSA) is 127 Å². The molecule has 0 aliphatic carbocycles. The number of hydrogen-bond acceptors (Lipinski definition) is 6. The summed E-state index contributed by atoms with van der Waals surface area (Å²) in [6.07, 6.45) is 1.33. The number of aliphatic hydroxyl groups excluding tert-OH is 1. The van der Waals surface area contributed by atoms with E-state index < -0.39 is 5.91 Å². The van der Waals surface area contributed by atoms with Crippen molar-refractivity contribution in [3.05, 3.63) is 53.9 Å². The van der Waals surface area contributed by atoms with E-state index in [1.165, 1.54) is 18.3 Å². The van der Waals surface area contributed by atoms with Crippen molar-refractivity contribution >= 4 is 23.2 Å². The minimum Gasteiger partial charge on any atom is -0.397 e. The van der Waals surface area contributed by atoms with E-state index in [0.29, 0.717) is 30.1 Å². The Hall–Kier alpha value is -2.97. The molecule has 8 nitrogen and oxygen atoms in total. The first-order valence-corrected chi connectivity index (χ1v) is 7.70. The fourth-order valence-electron chi connectivity index (χ4n) is 1.97. The van der Waals surface area contributed by atoms with Gasteiger partial charge in [0.15, 0.2) is 0 Å². The van der Waals surface area contributed by atoms with Gasteiger partial charge in [0.05, 0.1) is 36.8 Å². The zero-order valence-electron chi connectivity index (χ0n) is 13.6. The van der Waals surface area contributed by atoms with E-state index in [2.05, 4.69) is 15.6 Å². The second-order valence-electron chi connectivity index (χ2n) is 5.07. The van der Waals surface area contributed by atoms with Crippen LogP contribution in [0.15, 0.2) is 42.6 Å². The predicted octanol–water partition coefficient (Wildman–Crippen LogP) is 0.655. The van der Waals surface area contributed by atoms with Crippen LogP contribution >= 0.6 is 0 Å². The van der Waals surface area contributed by atoms with Crippen molar-refractivity contribution < 1.29 is 19.4 Å². The summed E-state index contributed by atoms with van der Waals surface area (Å²) >= 11 is 0. The van der Waals surface area contributed by atoms with Crippen LogP contribution in [-0.4, -0.2) is 48.3 Å². The van der Waals surface area contributed by atoms with E-state index in [4.69, 9.17) is 15.6 Å². The van der Waals surface area contributed by atoms with Crippen LogP contribution in [0.5, 0.6) is 0 Å². The van der Waals surface area contributed by atoms with Gasteiger partial charge in [0.1, 0.15) is 5.69 Å². The number of aliphatic hydroxyl groups is 1. The zero-order valence-corrected chi connectivity index (χ0v) is 13.6. The Morgan fingerprint density at radius 3 is 2.60 bits per heavy atom. The summed E-state index contributed by atoms with van der Waals surface area (Å²) < 4.78 is 5.04. The lowest BCUT2D eigenvalue weighted by atomic mass is 10.2. The maximum atomic E-state index is 12.2. The zero-order chi connectivity index (χ0) is 18.1. The smallest absolute Gasteiger partial charge is 0.274 e. The van der Waals surface area contributed by atoms with Crippen molar-refractivity contribution in [3.63, 3.8) is 0 Å². The molecule has 25 heavy (non-hydrogen) atoms. The van der Waals surface area contributed by atoms with Crippen LogP contribution < -0.4 is 16.4 Å². The molecule has 0 saturated carbocycles. The van der Waals surface area contributed by atoms with Gasteiger partial charge in [0.2, 0.25) is 0 Å². The van der Waals surface area contributed by atoms with Gasteiger partial charge < -0.3 is 26.2 Å². The SMILES string of the molecule is Nc1ccccc1NC(=O)c1ccc(C(=O)NCCOCCO)cn1. The van der Waals surface area contributed by atoms with Crippen molar-refractivity contribution in [3.8, 4) is 0 Å². The normalized spacial score (nSPS) is 10.3. The number of rotatable bonds is 8. The van der Waals surface area contributed by atoms with Crippen LogP contribution in [0.1, 0.15) is 20.8 Å². The third-order valence-electron chi connectivity index (χ3n) is 3.23. The summed E-state index contributed by atoms with van der Waals surface area (Å²) in [5.74, 6) is -0.735. The monoisotopic (exact) mass is 344 g/mol. The summed E-state index contributed by atoms with van der Waals surface area (Å²) in [5, 5.41) is 13.9. The molecule has 1 heterocycles. The Morgan fingerprint density at radius 2 is 1.92 bits per heavy atom. The van der Waals surface area contributed by atoms with E-state index >= 15 is 0 Å². The van der Waals surface area contributed by atoms with Gasteiger partial charge >= 0.3 is 0 Å². The van der Waals surface area contributed by atoms with Gasteiger partial charge in [-0.05, 0) is 24.3 Å². The van der Waals surface area contributed by atoms with E-state index in [0.717, 1.165) is 0 Å². The van der Waals surface area contributed by atoms with Crippen LogP contribution in [0.2, 0.25) is 0 Å². The Balaban J connectivity index is 1.89. The minimum absolute atomic E-state index is 0.0595. The highest BCUT2D eigenvalue weighted by atomic mass is 16.5. The van der Waals surface area contributed by atoms with Gasteiger partial charge in [-0.25, -0.2) is 0 Å². The van der Waals surface area contributed by atoms with Crippen LogP contribution in [0.25, 0.3) is 0 Å². The number of aromatic nitrogens is 1. The van der Waals surface area contributed by atoms with E-state index in [1.54, 1.807) is 24.3 Å². The molecule has 2 rings (SSSR count). The van der Waals surface area contributed by atoms with Crippen LogP contribution in [0.3, 0.4) is 0 Å². The fraction of sp³-hybridized carbons (Fsp3) is 0.235. The lowest BCUT2D eigenvalue weighted by Crippen LogP contribution is -2.27. The highest BCUT2D eigenvalue weighted by Crippen LogP contribution is 2.17. The van der Waals surface area contributed by atoms with Gasteiger partial charge in [-0.15, -0.1) is 0 Å². The molecule has 1 aromatic carbocycles. The molecular formula is C17H20N4O4. The standard InChI is InChI=1S/C17H20N4O4/c18-13-3-1-2-4-14(13)21-17(24)15-6-5-12(11-20-15)16(23)19-7-9-25-10-8-22/h1-6,11,22H,7-10,18H2,(H,19,23)(H,21,24). The first kappa shape index (κ1) is 18.4. The summed E-state index contributed by atoms with van der Waals surface area (Å²) in [5.41, 5.74) is 7.23. The lowest BCUT2D eigenvalue weighted by molar-refractivity contribution is 0.0837. The number of carbonyl (C=O) groups is 2. The maximum absolute atomic E-state index is 12.2. The van der Waals surface area contributed by atoms with Crippen LogP contribution in [0.4, 0.5) is 11.4 Å². The third kappa shape index (κ3) is 5.55. The molecule has 0 aliphatic rings. The summed E-state index contributed by atoms with van der Waals surface area (Å²) in [4.78, 5) is 28.1. The van der Waals surface area contributed by atoms with Gasteiger partial charge in [0.25, 0.3) is 11.8 Å². The van der Waals surface area contributed by atoms with E-state index in [9.17, 15) is 9.59 Å². The largest absolute Gasteiger partial charge is 0.397 e. The molecule has 0 unspecified atom stereocenters. The molecule has 2 amide bonds. The highest BCUT2D eigenvalue weighted by molar-refractivity contribution is 6.04. The number of nitrogen functional groups attached to an aromatic ring is 1. The average Bonchev–Trinajstić information content (AvgIpc) is 2.63. The van der Waals surface area contributed by atoms with Gasteiger partial charge in [-0.1, -0.05) is 12.1 Å². The van der Waals surface area contributed by atoms with E-state index in [-0.39, 0.29) is 24.8 Å². The summed E-state index contributed by atoms with van der Waals surface area (Å²) in [6.45, 7) is 0.788. The number of pyridine rings is 1. The number of para-hydroxylation sites is 2. The number of anilines is 2. The second kappa shape index (κ2) is 9.36. The number of ether oxygens (including phenoxy) is 1. The van der Waals surface area contributed by atoms with Crippen LogP contribution in [0, 0.1) is 0 Å². The molecule has 0 aliphatic heterocycles. The fourth-order valence-corrected chi connectivity index (χ4v) is 1.97. The predicted molar refractivity (Wildman–Crippen MR) is 93.3 cm³/mol. The molecule has 2 aromatic rings. The minimum atomic E-state index is -0.415. The van der Waals surface area contributed by atoms with Crippen LogP contribution in [-0.2, 0) is 4.74 Å². The number of carbonyl (C=O) groups excluding carboxylic acids is 2. The molecule has 132 valence electrons. The van der Waals surface area contributed by atoms with Crippen molar-refractivity contribution in [2.75, 3.05) is 37.4 Å².